The van der Waals surface area contributed by atoms with Crippen LogP contribution in [0.25, 0.3) is 0 Å². The maximum Gasteiger partial charge on any atom is 0.0686 e. The van der Waals surface area contributed by atoms with Crippen molar-refractivity contribution in [3.63, 3.8) is 0 Å². The molecular weight excluding hydrogens is 246 g/mol. The van der Waals surface area contributed by atoms with Crippen molar-refractivity contribution >= 4 is 11.5 Å². The van der Waals surface area contributed by atoms with E-state index < -0.39 is 0 Å². The van der Waals surface area contributed by atoms with Crippen molar-refractivity contribution in [2.75, 3.05) is 6.61 Å². The van der Waals surface area contributed by atoms with E-state index in [1.807, 2.05) is 6.20 Å². The molecule has 2 atom stereocenters. The summed E-state index contributed by atoms with van der Waals surface area (Å²) in [4.78, 5) is 1.12. The minimum absolute atomic E-state index is 0.0905. The number of ether oxygens (including phenoxy) is 1. The monoisotopic (exact) mass is 267 g/mol. The van der Waals surface area contributed by atoms with Crippen LogP contribution < -0.4 is 5.73 Å². The summed E-state index contributed by atoms with van der Waals surface area (Å²) in [5.74, 6) is 0.527. The molecule has 2 N–H and O–H groups in total. The molecule has 5 heteroatoms. The zero-order valence-corrected chi connectivity index (χ0v) is 11.5. The van der Waals surface area contributed by atoms with Gasteiger partial charge in [0.1, 0.15) is 0 Å². The maximum absolute atomic E-state index is 6.38. The van der Waals surface area contributed by atoms with Crippen LogP contribution in [0.4, 0.5) is 0 Å². The predicted molar refractivity (Wildman–Crippen MR) is 71.3 cm³/mol. The van der Waals surface area contributed by atoms with Crippen LogP contribution in [0.3, 0.4) is 0 Å². The number of hydrogen-bond acceptors (Lipinski definition) is 5. The number of nitrogens with two attached hydrogens (primary N) is 1. The Bertz CT molecular complexity index is 370. The van der Waals surface area contributed by atoms with Gasteiger partial charge in [0.05, 0.1) is 16.7 Å². The van der Waals surface area contributed by atoms with Crippen LogP contribution in [0.5, 0.6) is 0 Å². The molecule has 2 heterocycles. The molecule has 2 fully saturated rings. The molecule has 1 aliphatic carbocycles. The van der Waals surface area contributed by atoms with Crippen molar-refractivity contribution in [1.29, 1.82) is 0 Å². The standard InChI is InChI=1S/C13H21N3OS/c14-12(11-9-15-16-18-11)10-4-7-17-13(8-10)5-2-1-3-6-13/h9-10,12H,1-8,14H2. The SMILES string of the molecule is NC(c1cnns1)C1CCOC2(CCCCC2)C1. The smallest absolute Gasteiger partial charge is 0.0686 e. The highest BCUT2D eigenvalue weighted by Gasteiger charge is 2.40. The molecule has 0 radical (unpaired) electrons. The molecule has 100 valence electrons. The quantitative estimate of drug-likeness (QED) is 0.895. The molecule has 18 heavy (non-hydrogen) atoms. The second kappa shape index (κ2) is 5.23. The van der Waals surface area contributed by atoms with Gasteiger partial charge in [0.2, 0.25) is 0 Å². The summed E-state index contributed by atoms with van der Waals surface area (Å²) in [6.07, 6.45) is 10.4. The minimum Gasteiger partial charge on any atom is -0.375 e. The highest BCUT2D eigenvalue weighted by atomic mass is 32.1. The van der Waals surface area contributed by atoms with E-state index in [4.69, 9.17) is 10.5 Å². The summed E-state index contributed by atoms with van der Waals surface area (Å²) in [6, 6.07) is 0.0905. The van der Waals surface area contributed by atoms with Gasteiger partial charge in [0.25, 0.3) is 0 Å². The van der Waals surface area contributed by atoms with Gasteiger partial charge >= 0.3 is 0 Å². The molecule has 4 nitrogen and oxygen atoms in total. The lowest BCUT2D eigenvalue weighted by atomic mass is 9.74. The average Bonchev–Trinajstić information content (AvgIpc) is 2.93. The van der Waals surface area contributed by atoms with E-state index in [-0.39, 0.29) is 11.6 Å². The Balaban J connectivity index is 1.70. The summed E-state index contributed by atoms with van der Waals surface area (Å²) < 4.78 is 10.0. The first kappa shape index (κ1) is 12.5. The third kappa shape index (κ3) is 2.44. The molecule has 2 aliphatic rings. The van der Waals surface area contributed by atoms with Crippen molar-refractivity contribution in [2.24, 2.45) is 11.7 Å². The lowest BCUT2D eigenvalue weighted by molar-refractivity contribution is -0.120. The van der Waals surface area contributed by atoms with Crippen LogP contribution in [0.2, 0.25) is 0 Å². The predicted octanol–water partition coefficient (Wildman–Crippen LogP) is 2.67. The van der Waals surface area contributed by atoms with E-state index >= 15 is 0 Å². The third-order valence-electron chi connectivity index (χ3n) is 4.51. The topological polar surface area (TPSA) is 61.0 Å². The molecule has 1 saturated carbocycles. The van der Waals surface area contributed by atoms with E-state index in [9.17, 15) is 0 Å². The Morgan fingerprint density at radius 1 is 1.39 bits per heavy atom. The number of hydrogen-bond donors (Lipinski definition) is 1. The van der Waals surface area contributed by atoms with Gasteiger partial charge in [-0.1, -0.05) is 23.8 Å². The minimum atomic E-state index is 0.0905. The zero-order chi connectivity index (χ0) is 12.4. The summed E-state index contributed by atoms with van der Waals surface area (Å²) in [6.45, 7) is 0.866. The first-order valence-corrected chi connectivity index (χ1v) is 7.73. The molecule has 0 aromatic carbocycles. The highest BCUT2D eigenvalue weighted by Crippen LogP contribution is 2.43. The molecule has 2 unspecified atom stereocenters. The molecule has 1 saturated heterocycles. The molecule has 1 spiro atoms. The number of aromatic nitrogens is 2. The Labute approximate surface area is 112 Å². The Kier molecular flexibility index (Phi) is 3.63. The lowest BCUT2D eigenvalue weighted by Gasteiger charge is -2.44. The molecular formula is C13H21N3OS. The van der Waals surface area contributed by atoms with Gasteiger partial charge in [-0.05, 0) is 43.1 Å². The van der Waals surface area contributed by atoms with E-state index in [1.54, 1.807) is 0 Å². The van der Waals surface area contributed by atoms with E-state index in [2.05, 4.69) is 9.59 Å². The van der Waals surface area contributed by atoms with Gasteiger partial charge in [-0.2, -0.15) is 0 Å². The van der Waals surface area contributed by atoms with Crippen LogP contribution >= 0.6 is 11.5 Å². The van der Waals surface area contributed by atoms with E-state index in [0.29, 0.717) is 5.92 Å². The van der Waals surface area contributed by atoms with Crippen LogP contribution in [0, 0.1) is 5.92 Å². The van der Waals surface area contributed by atoms with Gasteiger partial charge in [0, 0.05) is 12.6 Å². The average molecular weight is 267 g/mol. The molecule has 3 rings (SSSR count). The molecule has 1 aliphatic heterocycles. The Hall–Kier alpha value is -0.520. The number of rotatable bonds is 2. The van der Waals surface area contributed by atoms with Crippen LogP contribution in [0.15, 0.2) is 6.20 Å². The Morgan fingerprint density at radius 3 is 2.94 bits per heavy atom. The second-order valence-electron chi connectivity index (χ2n) is 5.69. The zero-order valence-electron chi connectivity index (χ0n) is 10.7. The van der Waals surface area contributed by atoms with Gasteiger partial charge in [-0.25, -0.2) is 0 Å². The lowest BCUT2D eigenvalue weighted by Crippen LogP contribution is -2.43. The summed E-state index contributed by atoms with van der Waals surface area (Å²) in [5.41, 5.74) is 6.51. The van der Waals surface area contributed by atoms with Gasteiger partial charge in [0.15, 0.2) is 0 Å². The van der Waals surface area contributed by atoms with Crippen molar-refractivity contribution in [2.45, 2.75) is 56.6 Å². The molecule has 1 aromatic heterocycles. The summed E-state index contributed by atoms with van der Waals surface area (Å²) >= 11 is 1.43. The summed E-state index contributed by atoms with van der Waals surface area (Å²) in [5, 5.41) is 3.90. The van der Waals surface area contributed by atoms with Crippen molar-refractivity contribution in [1.82, 2.24) is 9.59 Å². The van der Waals surface area contributed by atoms with E-state index in [1.165, 1.54) is 43.6 Å². The number of nitrogens with zero attached hydrogens (tertiary/aromatic N) is 2. The fourth-order valence-electron chi connectivity index (χ4n) is 3.47. The van der Waals surface area contributed by atoms with Crippen molar-refractivity contribution in [3.05, 3.63) is 11.1 Å². The molecule has 0 bridgehead atoms. The maximum atomic E-state index is 6.38. The largest absolute Gasteiger partial charge is 0.375 e. The molecule has 1 aromatic rings. The van der Waals surface area contributed by atoms with Crippen molar-refractivity contribution < 1.29 is 4.74 Å². The van der Waals surface area contributed by atoms with E-state index in [0.717, 1.165) is 24.3 Å². The fraction of sp³-hybridized carbons (Fsp3) is 0.846. The van der Waals surface area contributed by atoms with Gasteiger partial charge in [-0.3, -0.25) is 0 Å². The Morgan fingerprint density at radius 2 is 2.22 bits per heavy atom. The van der Waals surface area contributed by atoms with Gasteiger partial charge in [-0.15, -0.1) is 5.10 Å². The van der Waals surface area contributed by atoms with Crippen LogP contribution in [0.1, 0.15) is 55.9 Å². The van der Waals surface area contributed by atoms with Crippen LogP contribution in [-0.2, 0) is 4.74 Å². The first-order valence-electron chi connectivity index (χ1n) is 6.96. The van der Waals surface area contributed by atoms with Crippen molar-refractivity contribution in [3.8, 4) is 0 Å². The van der Waals surface area contributed by atoms with Gasteiger partial charge < -0.3 is 10.5 Å². The summed E-state index contributed by atoms with van der Waals surface area (Å²) in [7, 11) is 0. The first-order chi connectivity index (χ1) is 8.79. The fourth-order valence-corrected chi connectivity index (χ4v) is 4.07. The second-order valence-corrected chi connectivity index (χ2v) is 6.51. The molecule has 0 amide bonds. The van der Waals surface area contributed by atoms with Crippen LogP contribution in [-0.4, -0.2) is 21.8 Å². The third-order valence-corrected chi connectivity index (χ3v) is 5.27. The normalized spacial score (nSPS) is 29.3. The highest BCUT2D eigenvalue weighted by molar-refractivity contribution is 7.05.